The van der Waals surface area contributed by atoms with Crippen LogP contribution in [0.5, 0.6) is 0 Å². The Kier molecular flexibility index (Phi) is 3.70. The monoisotopic (exact) mass is 284 g/mol. The average Bonchev–Trinajstić information content (AvgIpc) is 2.46. The number of aliphatic imine (C=N–C) groups is 1. The van der Waals surface area contributed by atoms with Gasteiger partial charge in [0.1, 0.15) is 0 Å². The summed E-state index contributed by atoms with van der Waals surface area (Å²) in [7, 11) is 0. The molecule has 0 amide bonds. The highest BCUT2D eigenvalue weighted by atomic mass is 16.1. The van der Waals surface area contributed by atoms with E-state index in [0.29, 0.717) is 12.3 Å². The number of rotatable bonds is 1. The van der Waals surface area contributed by atoms with Crippen LogP contribution in [-0.2, 0) is 11.2 Å². The van der Waals surface area contributed by atoms with Gasteiger partial charge in [0.05, 0.1) is 11.4 Å². The molecule has 1 aromatic rings. The number of ketones is 1. The summed E-state index contributed by atoms with van der Waals surface area (Å²) in [5.74, 6) is 0.562. The molecule has 1 aromatic carbocycles. The number of hydrogen-bond donors (Lipinski definition) is 0. The van der Waals surface area contributed by atoms with E-state index >= 15 is 0 Å². The number of carbonyl (C=O) groups is 1. The van der Waals surface area contributed by atoms with Crippen LogP contribution in [0.3, 0.4) is 0 Å². The zero-order chi connectivity index (χ0) is 15.0. The second-order valence-electron chi connectivity index (χ2n) is 7.16. The highest BCUT2D eigenvalue weighted by molar-refractivity contribution is 6.42. The van der Waals surface area contributed by atoms with Gasteiger partial charge in [-0.1, -0.05) is 18.2 Å². The predicted molar refractivity (Wildman–Crippen MR) is 86.3 cm³/mol. The zero-order valence-electron chi connectivity index (χ0n) is 13.2. The van der Waals surface area contributed by atoms with E-state index in [0.717, 1.165) is 42.9 Å². The number of fused-ring (bicyclic) bond motifs is 1. The Morgan fingerprint density at radius 2 is 1.81 bits per heavy atom. The van der Waals surface area contributed by atoms with Crippen LogP contribution in [0.4, 0.5) is 5.69 Å². The number of benzene rings is 1. The van der Waals surface area contributed by atoms with Gasteiger partial charge in [-0.15, -0.1) is 0 Å². The third-order valence-corrected chi connectivity index (χ3v) is 4.70. The highest BCUT2D eigenvalue weighted by Crippen LogP contribution is 2.30. The molecule has 112 valence electrons. The van der Waals surface area contributed by atoms with Crippen LogP contribution < -0.4 is 0 Å². The van der Waals surface area contributed by atoms with E-state index in [1.807, 2.05) is 24.3 Å². The minimum Gasteiger partial charge on any atom is -0.298 e. The number of likely N-dealkylation sites (tertiary alicyclic amines) is 1. The Morgan fingerprint density at radius 1 is 1.14 bits per heavy atom. The van der Waals surface area contributed by atoms with E-state index in [1.54, 1.807) is 0 Å². The van der Waals surface area contributed by atoms with E-state index in [2.05, 4.69) is 30.7 Å². The first kappa shape index (κ1) is 14.5. The molecule has 3 heteroatoms. The fourth-order valence-corrected chi connectivity index (χ4v) is 3.37. The molecule has 0 saturated carbocycles. The van der Waals surface area contributed by atoms with Gasteiger partial charge in [0, 0.05) is 17.9 Å². The van der Waals surface area contributed by atoms with Crippen LogP contribution in [0.1, 0.15) is 39.2 Å². The quantitative estimate of drug-likeness (QED) is 0.792. The molecule has 0 aliphatic carbocycles. The molecule has 0 spiro atoms. The molecule has 0 atom stereocenters. The maximum absolute atomic E-state index is 12.4. The first-order valence-electron chi connectivity index (χ1n) is 7.90. The molecule has 3 rings (SSSR count). The molecule has 2 aliphatic rings. The lowest BCUT2D eigenvalue weighted by molar-refractivity contribution is -0.112. The van der Waals surface area contributed by atoms with Crippen molar-refractivity contribution >= 4 is 17.2 Å². The summed E-state index contributed by atoms with van der Waals surface area (Å²) in [6, 6.07) is 8.01. The Labute approximate surface area is 127 Å². The van der Waals surface area contributed by atoms with Gasteiger partial charge in [0.25, 0.3) is 0 Å². The SMILES string of the molecule is CC(C)(C)N1CCC(C2=Nc3ccccc3CC2=O)CC1. The highest BCUT2D eigenvalue weighted by Gasteiger charge is 2.32. The largest absolute Gasteiger partial charge is 0.298 e. The lowest BCUT2D eigenvalue weighted by atomic mass is 9.85. The average molecular weight is 284 g/mol. The topological polar surface area (TPSA) is 32.7 Å². The first-order valence-corrected chi connectivity index (χ1v) is 7.90. The molecule has 0 aromatic heterocycles. The molecule has 2 aliphatic heterocycles. The van der Waals surface area contributed by atoms with E-state index in [4.69, 9.17) is 0 Å². The lowest BCUT2D eigenvalue weighted by Gasteiger charge is -2.41. The van der Waals surface area contributed by atoms with Gasteiger partial charge >= 0.3 is 0 Å². The fraction of sp³-hybridized carbons (Fsp3) is 0.556. The molecule has 21 heavy (non-hydrogen) atoms. The van der Waals surface area contributed by atoms with Crippen molar-refractivity contribution in [3.05, 3.63) is 29.8 Å². The molecule has 3 nitrogen and oxygen atoms in total. The summed E-state index contributed by atoms with van der Waals surface area (Å²) in [5, 5.41) is 0. The first-order chi connectivity index (χ1) is 9.95. The van der Waals surface area contributed by atoms with Crippen molar-refractivity contribution in [1.29, 1.82) is 0 Å². The number of piperidine rings is 1. The molecular formula is C18H24N2O. The van der Waals surface area contributed by atoms with E-state index in [-0.39, 0.29) is 11.3 Å². The third-order valence-electron chi connectivity index (χ3n) is 4.70. The molecule has 0 bridgehead atoms. The molecule has 1 fully saturated rings. The van der Waals surface area contributed by atoms with Crippen LogP contribution in [0.15, 0.2) is 29.3 Å². The van der Waals surface area contributed by atoms with Crippen LogP contribution in [0, 0.1) is 5.92 Å². The van der Waals surface area contributed by atoms with Gasteiger partial charge in [0.15, 0.2) is 5.78 Å². The van der Waals surface area contributed by atoms with Crippen molar-refractivity contribution < 1.29 is 4.79 Å². The number of hydrogen-bond acceptors (Lipinski definition) is 3. The van der Waals surface area contributed by atoms with Crippen molar-refractivity contribution in [2.45, 2.75) is 45.6 Å². The lowest BCUT2D eigenvalue weighted by Crippen LogP contribution is -2.48. The van der Waals surface area contributed by atoms with Gasteiger partial charge in [-0.2, -0.15) is 0 Å². The van der Waals surface area contributed by atoms with E-state index in [9.17, 15) is 4.79 Å². The standard InChI is InChI=1S/C18H24N2O/c1-18(2,3)20-10-8-13(9-11-20)17-16(21)12-14-6-4-5-7-15(14)19-17/h4-7,13H,8-12H2,1-3H3. The summed E-state index contributed by atoms with van der Waals surface area (Å²) in [6.07, 6.45) is 2.61. The third kappa shape index (κ3) is 2.93. The molecule has 1 saturated heterocycles. The second kappa shape index (κ2) is 5.38. The molecule has 2 heterocycles. The van der Waals surface area contributed by atoms with Gasteiger partial charge in [-0.25, -0.2) is 4.99 Å². The predicted octanol–water partition coefficient (Wildman–Crippen LogP) is 3.39. The molecule has 0 unspecified atom stereocenters. The molecule has 0 N–H and O–H groups in total. The minimum absolute atomic E-state index is 0.218. The maximum atomic E-state index is 12.4. The maximum Gasteiger partial charge on any atom is 0.181 e. The van der Waals surface area contributed by atoms with Gasteiger partial charge < -0.3 is 0 Å². The molecule has 0 radical (unpaired) electrons. The fourth-order valence-electron chi connectivity index (χ4n) is 3.37. The van der Waals surface area contributed by atoms with Crippen LogP contribution in [0.25, 0.3) is 0 Å². The Morgan fingerprint density at radius 3 is 2.48 bits per heavy atom. The molecular weight excluding hydrogens is 260 g/mol. The van der Waals surface area contributed by atoms with E-state index < -0.39 is 0 Å². The van der Waals surface area contributed by atoms with Crippen molar-refractivity contribution in [3.63, 3.8) is 0 Å². The number of para-hydroxylation sites is 1. The normalized spacial score (nSPS) is 21.1. The summed E-state index contributed by atoms with van der Waals surface area (Å²) in [5.41, 5.74) is 3.10. The Hall–Kier alpha value is -1.48. The van der Waals surface area contributed by atoms with E-state index in [1.165, 1.54) is 0 Å². The summed E-state index contributed by atoms with van der Waals surface area (Å²) >= 11 is 0. The smallest absolute Gasteiger partial charge is 0.181 e. The van der Waals surface area contributed by atoms with Gasteiger partial charge in [-0.3, -0.25) is 9.69 Å². The van der Waals surface area contributed by atoms with Crippen molar-refractivity contribution in [2.24, 2.45) is 10.9 Å². The number of nitrogens with zero attached hydrogens (tertiary/aromatic N) is 2. The van der Waals surface area contributed by atoms with Gasteiger partial charge in [0.2, 0.25) is 0 Å². The summed E-state index contributed by atoms with van der Waals surface area (Å²) in [4.78, 5) is 19.6. The zero-order valence-corrected chi connectivity index (χ0v) is 13.2. The van der Waals surface area contributed by atoms with Gasteiger partial charge in [-0.05, 0) is 58.3 Å². The van der Waals surface area contributed by atoms with Crippen molar-refractivity contribution in [3.8, 4) is 0 Å². The Balaban J connectivity index is 1.77. The number of Topliss-reactive ketones (excluding diaryl/α,β-unsaturated/α-hetero) is 1. The van der Waals surface area contributed by atoms with Crippen LogP contribution in [-0.4, -0.2) is 35.0 Å². The van der Waals surface area contributed by atoms with Crippen LogP contribution >= 0.6 is 0 Å². The Bertz CT molecular complexity index is 575. The second-order valence-corrected chi connectivity index (χ2v) is 7.16. The van der Waals surface area contributed by atoms with Crippen LogP contribution in [0.2, 0.25) is 0 Å². The minimum atomic E-state index is 0.218. The summed E-state index contributed by atoms with van der Waals surface area (Å²) < 4.78 is 0. The summed E-state index contributed by atoms with van der Waals surface area (Å²) in [6.45, 7) is 8.89. The van der Waals surface area contributed by atoms with Crippen molar-refractivity contribution in [2.75, 3.05) is 13.1 Å². The van der Waals surface area contributed by atoms with Crippen molar-refractivity contribution in [1.82, 2.24) is 4.90 Å². The number of carbonyl (C=O) groups excluding carboxylic acids is 1.